The van der Waals surface area contributed by atoms with E-state index in [1.807, 2.05) is 0 Å². The summed E-state index contributed by atoms with van der Waals surface area (Å²) in [6.07, 6.45) is 0. The van der Waals surface area contributed by atoms with Gasteiger partial charge in [-0.05, 0) is 13.8 Å². The van der Waals surface area contributed by atoms with Crippen molar-refractivity contribution in [2.24, 2.45) is 11.1 Å². The summed E-state index contributed by atoms with van der Waals surface area (Å²) in [5.41, 5.74) is 4.67. The SMILES string of the molecule is CN(C)C(=O)C(C)(C)C(N)=S. The molecule has 2 N–H and O–H groups in total. The molecule has 0 bridgehead atoms. The quantitative estimate of drug-likeness (QED) is 0.616. The summed E-state index contributed by atoms with van der Waals surface area (Å²) in [4.78, 5) is 13.1. The average molecular weight is 174 g/mol. The second kappa shape index (κ2) is 3.17. The molecule has 1 amide bonds. The average Bonchev–Trinajstić information content (AvgIpc) is 1.85. The highest BCUT2D eigenvalue weighted by Gasteiger charge is 2.31. The molecule has 0 rings (SSSR count). The molecule has 0 aromatic heterocycles. The summed E-state index contributed by atoms with van der Waals surface area (Å²) in [5.74, 6) is -0.0648. The minimum atomic E-state index is -0.723. The Kier molecular flexibility index (Phi) is 2.99. The van der Waals surface area contributed by atoms with Crippen molar-refractivity contribution in [3.63, 3.8) is 0 Å². The summed E-state index contributed by atoms with van der Waals surface area (Å²) in [5, 5.41) is 0. The van der Waals surface area contributed by atoms with Crippen molar-refractivity contribution in [3.8, 4) is 0 Å². The first-order valence-electron chi connectivity index (χ1n) is 3.31. The Morgan fingerprint density at radius 1 is 1.45 bits per heavy atom. The fourth-order valence-corrected chi connectivity index (χ4v) is 0.752. The van der Waals surface area contributed by atoms with Crippen molar-refractivity contribution in [1.82, 2.24) is 4.90 Å². The number of amides is 1. The number of nitrogens with two attached hydrogens (primary N) is 1. The van der Waals surface area contributed by atoms with Crippen LogP contribution in [0, 0.1) is 5.41 Å². The van der Waals surface area contributed by atoms with E-state index in [4.69, 9.17) is 18.0 Å². The zero-order valence-electron chi connectivity index (χ0n) is 7.34. The fourth-order valence-electron chi connectivity index (χ4n) is 0.664. The number of hydrogen-bond donors (Lipinski definition) is 1. The van der Waals surface area contributed by atoms with Crippen LogP contribution in [0.1, 0.15) is 13.8 Å². The van der Waals surface area contributed by atoms with Crippen LogP contribution in [0.5, 0.6) is 0 Å². The minimum absolute atomic E-state index is 0.0648. The second-order valence-electron chi connectivity index (χ2n) is 3.19. The molecule has 3 nitrogen and oxygen atoms in total. The van der Waals surface area contributed by atoms with Crippen LogP contribution in [0.3, 0.4) is 0 Å². The number of carbonyl (C=O) groups excluding carboxylic acids is 1. The van der Waals surface area contributed by atoms with Gasteiger partial charge in [0, 0.05) is 14.1 Å². The molecule has 0 spiro atoms. The van der Waals surface area contributed by atoms with Crippen molar-refractivity contribution in [1.29, 1.82) is 0 Å². The molecule has 64 valence electrons. The van der Waals surface area contributed by atoms with Gasteiger partial charge in [0.25, 0.3) is 0 Å². The van der Waals surface area contributed by atoms with E-state index in [9.17, 15) is 4.79 Å². The highest BCUT2D eigenvalue weighted by molar-refractivity contribution is 7.80. The monoisotopic (exact) mass is 174 g/mol. The third-order valence-corrected chi connectivity index (χ3v) is 2.07. The van der Waals surface area contributed by atoms with Crippen LogP contribution < -0.4 is 5.73 Å². The van der Waals surface area contributed by atoms with E-state index in [-0.39, 0.29) is 10.9 Å². The summed E-state index contributed by atoms with van der Waals surface area (Å²) < 4.78 is 0. The summed E-state index contributed by atoms with van der Waals surface area (Å²) in [6, 6.07) is 0. The zero-order valence-corrected chi connectivity index (χ0v) is 8.16. The number of hydrogen-bond acceptors (Lipinski definition) is 2. The Morgan fingerprint density at radius 2 is 1.82 bits per heavy atom. The van der Waals surface area contributed by atoms with E-state index in [2.05, 4.69) is 0 Å². The van der Waals surface area contributed by atoms with E-state index in [1.165, 1.54) is 4.90 Å². The summed E-state index contributed by atoms with van der Waals surface area (Å²) in [6.45, 7) is 3.44. The summed E-state index contributed by atoms with van der Waals surface area (Å²) >= 11 is 4.76. The molecular formula is C7H14N2OS. The first kappa shape index (κ1) is 10.4. The predicted octanol–water partition coefficient (Wildman–Crippen LogP) is 0.387. The van der Waals surface area contributed by atoms with Crippen molar-refractivity contribution < 1.29 is 4.79 Å². The minimum Gasteiger partial charge on any atom is -0.392 e. The number of rotatable bonds is 2. The van der Waals surface area contributed by atoms with Gasteiger partial charge in [-0.1, -0.05) is 12.2 Å². The maximum atomic E-state index is 11.4. The van der Waals surface area contributed by atoms with Crippen LogP contribution in [0.4, 0.5) is 0 Å². The van der Waals surface area contributed by atoms with Crippen LogP contribution >= 0.6 is 12.2 Å². The van der Waals surface area contributed by atoms with Crippen molar-refractivity contribution in [2.45, 2.75) is 13.8 Å². The van der Waals surface area contributed by atoms with Crippen LogP contribution in [0.25, 0.3) is 0 Å². The standard InChI is InChI=1S/C7H14N2OS/c1-7(2,5(8)11)6(10)9(3)4/h1-4H3,(H2,8,11). The van der Waals surface area contributed by atoms with Gasteiger partial charge in [-0.25, -0.2) is 0 Å². The third-order valence-electron chi connectivity index (χ3n) is 1.56. The molecule has 4 heteroatoms. The Labute approximate surface area is 72.5 Å². The lowest BCUT2D eigenvalue weighted by Gasteiger charge is -2.25. The van der Waals surface area contributed by atoms with Gasteiger partial charge in [0.1, 0.15) is 0 Å². The van der Waals surface area contributed by atoms with Crippen LogP contribution in [-0.2, 0) is 4.79 Å². The van der Waals surface area contributed by atoms with Crippen LogP contribution in [0.15, 0.2) is 0 Å². The van der Waals surface area contributed by atoms with Crippen LogP contribution in [0.2, 0.25) is 0 Å². The normalized spacial score (nSPS) is 10.9. The van der Waals surface area contributed by atoms with Gasteiger partial charge >= 0.3 is 0 Å². The topological polar surface area (TPSA) is 46.3 Å². The lowest BCUT2D eigenvalue weighted by Crippen LogP contribution is -2.44. The van der Waals surface area contributed by atoms with E-state index in [0.717, 1.165) is 0 Å². The zero-order chi connectivity index (χ0) is 9.23. The molecule has 0 fully saturated rings. The Hall–Kier alpha value is -0.640. The maximum absolute atomic E-state index is 11.4. The molecule has 0 saturated carbocycles. The van der Waals surface area contributed by atoms with E-state index in [0.29, 0.717) is 0 Å². The second-order valence-corrected chi connectivity index (χ2v) is 3.63. The van der Waals surface area contributed by atoms with E-state index in [1.54, 1.807) is 27.9 Å². The molecule has 0 heterocycles. The Morgan fingerprint density at radius 3 is 1.91 bits per heavy atom. The van der Waals surface area contributed by atoms with E-state index < -0.39 is 5.41 Å². The predicted molar refractivity (Wildman–Crippen MR) is 49.3 cm³/mol. The van der Waals surface area contributed by atoms with Crippen molar-refractivity contribution in [3.05, 3.63) is 0 Å². The molecule has 0 radical (unpaired) electrons. The largest absolute Gasteiger partial charge is 0.392 e. The molecule has 0 saturated heterocycles. The number of thiocarbonyl (C=S) groups is 1. The van der Waals surface area contributed by atoms with Gasteiger partial charge in [0.15, 0.2) is 0 Å². The van der Waals surface area contributed by atoms with Gasteiger partial charge < -0.3 is 10.6 Å². The maximum Gasteiger partial charge on any atom is 0.234 e. The number of carbonyl (C=O) groups is 1. The third kappa shape index (κ3) is 2.15. The number of nitrogens with zero attached hydrogens (tertiary/aromatic N) is 1. The Balaban J connectivity index is 4.56. The Bertz CT molecular complexity index is 187. The first-order chi connectivity index (χ1) is 4.80. The van der Waals surface area contributed by atoms with Gasteiger partial charge in [0.2, 0.25) is 5.91 Å². The molecule has 0 atom stereocenters. The first-order valence-corrected chi connectivity index (χ1v) is 3.72. The van der Waals surface area contributed by atoms with Crippen molar-refractivity contribution in [2.75, 3.05) is 14.1 Å². The van der Waals surface area contributed by atoms with Gasteiger partial charge in [-0.3, -0.25) is 4.79 Å². The molecule has 11 heavy (non-hydrogen) atoms. The van der Waals surface area contributed by atoms with Gasteiger partial charge in [-0.15, -0.1) is 0 Å². The molecule has 0 unspecified atom stereocenters. The highest BCUT2D eigenvalue weighted by Crippen LogP contribution is 2.17. The molecule has 0 aromatic carbocycles. The molecule has 0 aromatic rings. The highest BCUT2D eigenvalue weighted by atomic mass is 32.1. The molecule has 0 aliphatic rings. The van der Waals surface area contributed by atoms with E-state index >= 15 is 0 Å². The van der Waals surface area contributed by atoms with Crippen LogP contribution in [-0.4, -0.2) is 29.9 Å². The fraction of sp³-hybridized carbons (Fsp3) is 0.714. The van der Waals surface area contributed by atoms with Gasteiger partial charge in [-0.2, -0.15) is 0 Å². The molecule has 0 aliphatic carbocycles. The molecular weight excluding hydrogens is 160 g/mol. The lowest BCUT2D eigenvalue weighted by molar-refractivity contribution is -0.134. The van der Waals surface area contributed by atoms with Gasteiger partial charge in [0.05, 0.1) is 10.4 Å². The summed E-state index contributed by atoms with van der Waals surface area (Å²) in [7, 11) is 3.37. The lowest BCUT2D eigenvalue weighted by atomic mass is 9.92. The van der Waals surface area contributed by atoms with Crippen molar-refractivity contribution >= 4 is 23.1 Å². The molecule has 0 aliphatic heterocycles. The smallest absolute Gasteiger partial charge is 0.234 e.